The van der Waals surface area contributed by atoms with E-state index in [0.29, 0.717) is 16.6 Å². The van der Waals surface area contributed by atoms with Gasteiger partial charge in [-0.25, -0.2) is 9.55 Å². The van der Waals surface area contributed by atoms with Crippen LogP contribution in [0.1, 0.15) is 0 Å². The number of hydrogen-bond acceptors (Lipinski definition) is 2. The average Bonchev–Trinajstić information content (AvgIpc) is 2.40. The van der Waals surface area contributed by atoms with Gasteiger partial charge in [0.05, 0.1) is 16.6 Å². The van der Waals surface area contributed by atoms with Crippen molar-refractivity contribution in [1.29, 1.82) is 0 Å². The molecule has 3 aromatic rings. The first-order chi connectivity index (χ1) is 8.77. The van der Waals surface area contributed by atoms with E-state index in [1.54, 1.807) is 54.6 Å². The van der Waals surface area contributed by atoms with E-state index in [4.69, 9.17) is 0 Å². The highest BCUT2D eigenvalue weighted by Crippen LogP contribution is 2.11. The zero-order valence-electron chi connectivity index (χ0n) is 9.38. The summed E-state index contributed by atoms with van der Waals surface area (Å²) in [5, 5.41) is 0.405. The molecule has 3 nitrogen and oxygen atoms in total. The molecule has 0 bridgehead atoms. The van der Waals surface area contributed by atoms with Crippen LogP contribution in [0.4, 0.5) is 4.39 Å². The first-order valence-electron chi connectivity index (χ1n) is 5.50. The average molecular weight is 240 g/mol. The Morgan fingerprint density at radius 3 is 2.39 bits per heavy atom. The van der Waals surface area contributed by atoms with Gasteiger partial charge in [-0.15, -0.1) is 0 Å². The Balaban J connectivity index is 2.41. The van der Waals surface area contributed by atoms with Crippen molar-refractivity contribution in [3.05, 3.63) is 71.0 Å². The molecule has 0 N–H and O–H groups in total. The van der Waals surface area contributed by atoms with Crippen molar-refractivity contribution in [2.24, 2.45) is 0 Å². The van der Waals surface area contributed by atoms with Gasteiger partial charge in [0.25, 0.3) is 11.6 Å². The normalized spacial score (nSPS) is 10.7. The van der Waals surface area contributed by atoms with Crippen LogP contribution in [-0.2, 0) is 0 Å². The van der Waals surface area contributed by atoms with E-state index in [-0.39, 0.29) is 0 Å². The SMILES string of the molecule is O=c1c2ccccc2nc(F)n1-c1ccccc1. The standard InChI is InChI=1S/C14H9FN2O/c15-14-16-12-9-5-4-8-11(12)13(18)17(14)10-6-2-1-3-7-10/h1-9H. The molecule has 1 aromatic heterocycles. The van der Waals surface area contributed by atoms with E-state index in [2.05, 4.69) is 4.98 Å². The number of halogens is 1. The van der Waals surface area contributed by atoms with Crippen LogP contribution < -0.4 is 5.56 Å². The predicted octanol–water partition coefficient (Wildman–Crippen LogP) is 2.52. The molecule has 0 saturated carbocycles. The molecule has 0 radical (unpaired) electrons. The van der Waals surface area contributed by atoms with E-state index >= 15 is 0 Å². The highest BCUT2D eigenvalue weighted by atomic mass is 19.1. The van der Waals surface area contributed by atoms with Crippen LogP contribution in [0.3, 0.4) is 0 Å². The van der Waals surface area contributed by atoms with Gasteiger partial charge in [-0.05, 0) is 24.3 Å². The molecule has 0 fully saturated rings. The summed E-state index contributed by atoms with van der Waals surface area (Å²) in [4.78, 5) is 16.0. The Morgan fingerprint density at radius 1 is 0.944 bits per heavy atom. The maximum absolute atomic E-state index is 13.9. The minimum atomic E-state index is -0.801. The van der Waals surface area contributed by atoms with Gasteiger partial charge in [0, 0.05) is 0 Å². The monoisotopic (exact) mass is 240 g/mol. The molecule has 18 heavy (non-hydrogen) atoms. The van der Waals surface area contributed by atoms with Crippen molar-refractivity contribution in [3.63, 3.8) is 0 Å². The van der Waals surface area contributed by atoms with Gasteiger partial charge in [-0.2, -0.15) is 4.39 Å². The third-order valence-electron chi connectivity index (χ3n) is 2.75. The summed E-state index contributed by atoms with van der Waals surface area (Å²) < 4.78 is 14.9. The molecule has 1 heterocycles. The van der Waals surface area contributed by atoms with E-state index in [1.165, 1.54) is 0 Å². The first kappa shape index (κ1) is 10.7. The fourth-order valence-corrected chi connectivity index (χ4v) is 1.91. The van der Waals surface area contributed by atoms with Crippen molar-refractivity contribution >= 4 is 10.9 Å². The van der Waals surface area contributed by atoms with E-state index in [0.717, 1.165) is 4.57 Å². The number of rotatable bonds is 1. The van der Waals surface area contributed by atoms with Crippen LogP contribution in [0.2, 0.25) is 0 Å². The minimum absolute atomic E-state index is 0.368. The lowest BCUT2D eigenvalue weighted by atomic mass is 10.2. The topological polar surface area (TPSA) is 34.9 Å². The molecule has 0 aliphatic carbocycles. The molecular weight excluding hydrogens is 231 g/mol. The molecule has 0 amide bonds. The summed E-state index contributed by atoms with van der Waals surface area (Å²) >= 11 is 0. The molecule has 4 heteroatoms. The number of benzene rings is 2. The van der Waals surface area contributed by atoms with Crippen molar-refractivity contribution < 1.29 is 4.39 Å². The fraction of sp³-hybridized carbons (Fsp3) is 0. The molecule has 0 aliphatic heterocycles. The maximum Gasteiger partial charge on any atom is 0.297 e. The predicted molar refractivity (Wildman–Crippen MR) is 67.3 cm³/mol. The molecule has 0 aliphatic rings. The first-order valence-corrected chi connectivity index (χ1v) is 5.50. The molecule has 3 rings (SSSR count). The molecular formula is C14H9FN2O. The van der Waals surface area contributed by atoms with Crippen LogP contribution in [0, 0.1) is 6.08 Å². The Kier molecular flexibility index (Phi) is 2.41. The van der Waals surface area contributed by atoms with Gasteiger partial charge in [0.15, 0.2) is 0 Å². The Bertz CT molecular complexity index is 766. The van der Waals surface area contributed by atoms with Crippen molar-refractivity contribution in [2.75, 3.05) is 0 Å². The lowest BCUT2D eigenvalue weighted by Gasteiger charge is -2.07. The quantitative estimate of drug-likeness (QED) is 0.612. The Morgan fingerprint density at radius 2 is 1.61 bits per heavy atom. The Labute approximate surface area is 102 Å². The zero-order valence-corrected chi connectivity index (χ0v) is 9.38. The molecule has 0 saturated heterocycles. The number of aromatic nitrogens is 2. The lowest BCUT2D eigenvalue weighted by Crippen LogP contribution is -2.22. The van der Waals surface area contributed by atoms with Gasteiger partial charge in [0.1, 0.15) is 0 Å². The summed E-state index contributed by atoms with van der Waals surface area (Å²) in [5.41, 5.74) is 0.440. The second kappa shape index (κ2) is 4.07. The van der Waals surface area contributed by atoms with Gasteiger partial charge >= 0.3 is 0 Å². The fourth-order valence-electron chi connectivity index (χ4n) is 1.91. The minimum Gasteiger partial charge on any atom is -0.268 e. The molecule has 0 unspecified atom stereocenters. The van der Waals surface area contributed by atoms with Gasteiger partial charge < -0.3 is 0 Å². The third kappa shape index (κ3) is 1.59. The smallest absolute Gasteiger partial charge is 0.268 e. The molecule has 88 valence electrons. The largest absolute Gasteiger partial charge is 0.297 e. The molecule has 2 aromatic carbocycles. The second-order valence-electron chi connectivity index (χ2n) is 3.87. The van der Waals surface area contributed by atoms with Crippen molar-refractivity contribution in [1.82, 2.24) is 9.55 Å². The van der Waals surface area contributed by atoms with Crippen LogP contribution in [0.15, 0.2) is 59.4 Å². The van der Waals surface area contributed by atoms with Crippen LogP contribution in [-0.4, -0.2) is 9.55 Å². The van der Waals surface area contributed by atoms with Crippen LogP contribution in [0.25, 0.3) is 16.6 Å². The maximum atomic E-state index is 13.9. The Hall–Kier alpha value is -2.49. The summed E-state index contributed by atoms with van der Waals surface area (Å²) in [7, 11) is 0. The second-order valence-corrected chi connectivity index (χ2v) is 3.87. The number of nitrogens with zero attached hydrogens (tertiary/aromatic N) is 2. The van der Waals surface area contributed by atoms with Gasteiger partial charge in [-0.3, -0.25) is 4.79 Å². The van der Waals surface area contributed by atoms with Gasteiger partial charge in [0.2, 0.25) is 0 Å². The lowest BCUT2D eigenvalue weighted by molar-refractivity contribution is 0.506. The summed E-state index contributed by atoms with van der Waals surface area (Å²) in [6.07, 6.45) is -0.801. The zero-order chi connectivity index (χ0) is 12.5. The summed E-state index contributed by atoms with van der Waals surface area (Å²) in [5.74, 6) is 0. The third-order valence-corrected chi connectivity index (χ3v) is 2.75. The summed E-state index contributed by atoms with van der Waals surface area (Å²) in [6.45, 7) is 0. The van der Waals surface area contributed by atoms with Gasteiger partial charge in [-0.1, -0.05) is 30.3 Å². The van der Waals surface area contributed by atoms with E-state index in [1.807, 2.05) is 0 Å². The number of hydrogen-bond donors (Lipinski definition) is 0. The molecule has 0 atom stereocenters. The highest BCUT2D eigenvalue weighted by Gasteiger charge is 2.11. The highest BCUT2D eigenvalue weighted by molar-refractivity contribution is 5.77. The van der Waals surface area contributed by atoms with Crippen molar-refractivity contribution in [3.8, 4) is 5.69 Å². The number of fused-ring (bicyclic) bond motifs is 1. The molecule has 0 spiro atoms. The van der Waals surface area contributed by atoms with E-state index < -0.39 is 11.6 Å². The van der Waals surface area contributed by atoms with Crippen LogP contribution in [0.5, 0.6) is 0 Å². The number of para-hydroxylation sites is 2. The van der Waals surface area contributed by atoms with E-state index in [9.17, 15) is 9.18 Å². The van der Waals surface area contributed by atoms with Crippen molar-refractivity contribution in [2.45, 2.75) is 0 Å². The van der Waals surface area contributed by atoms with Crippen LogP contribution >= 0.6 is 0 Å². The summed E-state index contributed by atoms with van der Waals surface area (Å²) in [6, 6.07) is 15.4.